The number of hydrogen-bond donors (Lipinski definition) is 0. The summed E-state index contributed by atoms with van der Waals surface area (Å²) in [5.41, 5.74) is 0. The first-order valence-corrected chi connectivity index (χ1v) is 0. The van der Waals surface area contributed by atoms with Gasteiger partial charge in [0.1, 0.15) is 0 Å². The van der Waals surface area contributed by atoms with Gasteiger partial charge in [0.2, 0.25) is 0 Å². The van der Waals surface area contributed by atoms with Crippen LogP contribution in [0.2, 0.25) is 0 Å². The average molecular weight is 384 g/mol. The number of hydrogen-bond acceptors (Lipinski definition) is 0. The molecule has 0 aromatic rings. The maximum absolute atomic E-state index is 0. The van der Waals surface area contributed by atoms with Crippen LogP contribution in [0.5, 0.6) is 0 Å². The minimum absolute atomic E-state index is 0. The fourth-order valence-electron chi connectivity index (χ4n) is 0. The SMILES string of the molecule is [Ca+2].[Ce].[H-].[H-].[H-].[H-].[Mg+2].[Mn].[SnH2]. The van der Waals surface area contributed by atoms with E-state index in [1.807, 2.05) is 0 Å². The molecule has 3 radical (unpaired) electrons. The molecule has 0 N–H and O–H groups in total. The van der Waals surface area contributed by atoms with Gasteiger partial charge in [0, 0.05) is 58.8 Å². The summed E-state index contributed by atoms with van der Waals surface area (Å²) in [6.07, 6.45) is 0. The van der Waals surface area contributed by atoms with Crippen LogP contribution in [0.1, 0.15) is 5.71 Å². The first-order valence-electron chi connectivity index (χ1n) is 0. The van der Waals surface area contributed by atoms with Crippen LogP contribution in [0.3, 0.4) is 0 Å². The molecule has 0 spiro atoms. The molecule has 5 heteroatoms. The van der Waals surface area contributed by atoms with Crippen molar-refractivity contribution in [3.63, 3.8) is 0 Å². The van der Waals surface area contributed by atoms with Gasteiger partial charge in [-0.25, -0.2) is 0 Å². The second-order valence-electron chi connectivity index (χ2n) is 0. The predicted molar refractivity (Wildman–Crippen MR) is 24.5 cm³/mol. The monoisotopic (exact) mass is 385 g/mol. The van der Waals surface area contributed by atoms with Crippen LogP contribution in [0, 0.1) is 41.7 Å². The van der Waals surface area contributed by atoms with Gasteiger partial charge < -0.3 is 5.71 Å². The summed E-state index contributed by atoms with van der Waals surface area (Å²) in [6, 6.07) is 0. The van der Waals surface area contributed by atoms with Crippen molar-refractivity contribution in [2.24, 2.45) is 0 Å². The Morgan fingerprint density at radius 2 is 1.20 bits per heavy atom. The maximum atomic E-state index is 0. The van der Waals surface area contributed by atoms with Crippen molar-refractivity contribution in [1.82, 2.24) is 0 Å². The molecule has 25 valence electrons. The molecule has 0 aliphatic rings. The van der Waals surface area contributed by atoms with E-state index in [0.717, 1.165) is 0 Å². The Labute approximate surface area is 145 Å². The normalized spacial score (nSPS) is 0. The molecule has 0 rings (SSSR count). The van der Waals surface area contributed by atoms with Crippen molar-refractivity contribution < 1.29 is 64.5 Å². The van der Waals surface area contributed by atoms with Gasteiger partial charge in [-0.15, -0.1) is 0 Å². The molecule has 0 aromatic carbocycles. The quantitative estimate of drug-likeness (QED) is 0.459. The average Bonchev–Trinajstić information content (AvgIpc) is 0. The first kappa shape index (κ1) is 33.2. The van der Waals surface area contributed by atoms with Gasteiger partial charge in [0.05, 0.1) is 0 Å². The van der Waals surface area contributed by atoms with Crippen LogP contribution in [0.25, 0.3) is 0 Å². The summed E-state index contributed by atoms with van der Waals surface area (Å²) >= 11 is 0. The third-order valence-electron chi connectivity index (χ3n) is 0. The van der Waals surface area contributed by atoms with Crippen LogP contribution in [0.4, 0.5) is 0 Å². The second kappa shape index (κ2) is 23.3. The molecule has 0 nitrogen and oxygen atoms in total. The molecular weight excluding hydrogens is 378 g/mol. The van der Waals surface area contributed by atoms with Crippen LogP contribution < -0.4 is 0 Å². The zero-order valence-corrected chi connectivity index (χ0v) is 15.0. The molecule has 5 heavy (non-hydrogen) atoms. The van der Waals surface area contributed by atoms with Crippen LogP contribution in [0.15, 0.2) is 0 Å². The molecule has 0 aromatic heterocycles. The predicted octanol–water partition coefficient (Wildman–Crippen LogP) is -1.23. The van der Waals surface area contributed by atoms with Crippen molar-refractivity contribution in [1.29, 1.82) is 0 Å². The van der Waals surface area contributed by atoms with Gasteiger partial charge in [-0.3, -0.25) is 0 Å². The fourth-order valence-corrected chi connectivity index (χ4v) is 0. The van der Waals surface area contributed by atoms with E-state index in [4.69, 9.17) is 0 Å². The Balaban J connectivity index is 0. The third kappa shape index (κ3) is 17.7. The Morgan fingerprint density at radius 1 is 1.20 bits per heavy atom. The van der Waals surface area contributed by atoms with E-state index in [0.29, 0.717) is 0 Å². The molecule has 0 heterocycles. The van der Waals surface area contributed by atoms with Gasteiger partial charge >= 0.3 is 84.7 Å². The summed E-state index contributed by atoms with van der Waals surface area (Å²) in [6.45, 7) is 0. The van der Waals surface area contributed by atoms with E-state index in [1.54, 1.807) is 0 Å². The second-order valence-corrected chi connectivity index (χ2v) is 0. The Kier molecular flexibility index (Phi) is 155. The van der Waals surface area contributed by atoms with E-state index >= 15 is 0 Å². The molecule has 0 atom stereocenters. The molecule has 0 aliphatic heterocycles. The van der Waals surface area contributed by atoms with Crippen LogP contribution in [-0.4, -0.2) is 84.7 Å². The standard InChI is InChI=1S/Ca.Ce.Mg.Mn.Sn.6H/q+2;;+2;;;;;4*-1. The third-order valence-corrected chi connectivity index (χ3v) is 0. The van der Waals surface area contributed by atoms with Crippen molar-refractivity contribution >= 4 is 84.7 Å². The Bertz CT molecular complexity index is 20.5. The van der Waals surface area contributed by atoms with Crippen molar-refractivity contribution in [2.45, 2.75) is 0 Å². The summed E-state index contributed by atoms with van der Waals surface area (Å²) in [7, 11) is 0. The summed E-state index contributed by atoms with van der Waals surface area (Å²) < 4.78 is 0. The topological polar surface area (TPSA) is 0 Å². The first-order chi connectivity index (χ1) is 0. The van der Waals surface area contributed by atoms with Gasteiger partial charge in [0.15, 0.2) is 0 Å². The Morgan fingerprint density at radius 3 is 1.20 bits per heavy atom. The van der Waals surface area contributed by atoms with E-state index < -0.39 is 0 Å². The van der Waals surface area contributed by atoms with E-state index in [2.05, 4.69) is 0 Å². The summed E-state index contributed by atoms with van der Waals surface area (Å²) in [5.74, 6) is 0. The zero-order valence-electron chi connectivity index (χ0n) is 7.00. The molecule has 0 amide bonds. The van der Waals surface area contributed by atoms with E-state index in [1.165, 1.54) is 0 Å². The molecular formula is H6CaCeMgMnSn. The molecule has 0 fully saturated rings. The molecule has 0 aliphatic carbocycles. The molecule has 0 unspecified atom stereocenters. The van der Waals surface area contributed by atoms with Crippen LogP contribution in [-0.2, 0) is 17.1 Å². The van der Waals surface area contributed by atoms with E-state index in [9.17, 15) is 0 Å². The van der Waals surface area contributed by atoms with E-state index in [-0.39, 0.29) is 149 Å². The summed E-state index contributed by atoms with van der Waals surface area (Å²) in [5, 5.41) is 0. The van der Waals surface area contributed by atoms with Crippen molar-refractivity contribution in [3.05, 3.63) is 0 Å². The van der Waals surface area contributed by atoms with Gasteiger partial charge in [-0.05, 0) is 0 Å². The zero-order chi connectivity index (χ0) is 0. The molecule has 0 saturated carbocycles. The number of rotatable bonds is 0. The van der Waals surface area contributed by atoms with Gasteiger partial charge in [-0.2, -0.15) is 0 Å². The molecule has 0 saturated heterocycles. The molecule has 0 bridgehead atoms. The van der Waals surface area contributed by atoms with Gasteiger partial charge in [0.25, 0.3) is 0 Å². The summed E-state index contributed by atoms with van der Waals surface area (Å²) in [4.78, 5) is 0. The van der Waals surface area contributed by atoms with Crippen LogP contribution >= 0.6 is 0 Å². The van der Waals surface area contributed by atoms with Crippen molar-refractivity contribution in [2.75, 3.05) is 0 Å². The van der Waals surface area contributed by atoms with Gasteiger partial charge in [-0.1, -0.05) is 0 Å². The minimum atomic E-state index is 0. The fraction of sp³-hybridized carbons (Fsp3) is 0. The Hall–Kier alpha value is 4.72. The van der Waals surface area contributed by atoms with Crippen molar-refractivity contribution in [3.8, 4) is 0 Å².